The predicted molar refractivity (Wildman–Crippen MR) is 75.3 cm³/mol. The largest absolute Gasteiger partial charge is 0.343 e. The summed E-state index contributed by atoms with van der Waals surface area (Å²) in [4.78, 5) is 29.9. The van der Waals surface area contributed by atoms with Crippen LogP contribution in [0, 0.1) is 6.92 Å². The highest BCUT2D eigenvalue weighted by Crippen LogP contribution is 2.31. The molecule has 2 aromatic rings. The minimum absolute atomic E-state index is 0.367. The molecule has 1 aromatic heterocycles. The Morgan fingerprint density at radius 3 is 2.40 bits per heavy atom. The van der Waals surface area contributed by atoms with Gasteiger partial charge in [-0.15, -0.1) is 0 Å². The fourth-order valence-corrected chi connectivity index (χ4v) is 2.38. The molecule has 0 radical (unpaired) electrons. The van der Waals surface area contributed by atoms with Crippen molar-refractivity contribution in [2.24, 2.45) is 0 Å². The van der Waals surface area contributed by atoms with Gasteiger partial charge in [0.05, 0.1) is 28.7 Å². The van der Waals surface area contributed by atoms with Crippen LogP contribution in [-0.2, 0) is 0 Å². The van der Waals surface area contributed by atoms with E-state index < -0.39 is 0 Å². The van der Waals surface area contributed by atoms with Gasteiger partial charge in [0.2, 0.25) is 0 Å². The number of anilines is 2. The smallest absolute Gasteiger partial charge is 0.261 e. The van der Waals surface area contributed by atoms with Crippen molar-refractivity contribution in [3.63, 3.8) is 0 Å². The molecule has 0 fully saturated rings. The van der Waals surface area contributed by atoms with Crippen molar-refractivity contribution in [1.82, 2.24) is 10.3 Å². The van der Waals surface area contributed by atoms with Gasteiger partial charge in [-0.25, -0.2) is 0 Å². The number of imide groups is 1. The number of pyridine rings is 1. The van der Waals surface area contributed by atoms with Gasteiger partial charge >= 0.3 is 0 Å². The van der Waals surface area contributed by atoms with Crippen LogP contribution in [0.15, 0.2) is 36.5 Å². The Morgan fingerprint density at radius 1 is 1.05 bits per heavy atom. The van der Waals surface area contributed by atoms with Gasteiger partial charge in [-0.2, -0.15) is 0 Å². The van der Waals surface area contributed by atoms with Crippen LogP contribution < -0.4 is 10.2 Å². The SMILES string of the molecule is Cc1ncc(N(C)c2ccccc2)c2c1C(=O)NC2=O. The highest BCUT2D eigenvalue weighted by Gasteiger charge is 2.33. The predicted octanol–water partition coefficient (Wildman–Crippen LogP) is 2.04. The van der Waals surface area contributed by atoms with E-state index in [1.165, 1.54) is 0 Å². The van der Waals surface area contributed by atoms with E-state index in [2.05, 4.69) is 10.3 Å². The topological polar surface area (TPSA) is 62.3 Å². The number of benzene rings is 1. The molecule has 1 aromatic carbocycles. The third-order valence-electron chi connectivity index (χ3n) is 3.43. The van der Waals surface area contributed by atoms with Crippen LogP contribution >= 0.6 is 0 Å². The van der Waals surface area contributed by atoms with Gasteiger partial charge in [0.15, 0.2) is 0 Å². The number of hydrogen-bond acceptors (Lipinski definition) is 4. The number of para-hydroxylation sites is 1. The number of carbonyl (C=O) groups excluding carboxylic acids is 2. The summed E-state index contributed by atoms with van der Waals surface area (Å²) in [5, 5.41) is 2.33. The molecule has 5 nitrogen and oxygen atoms in total. The number of amides is 2. The summed E-state index contributed by atoms with van der Waals surface area (Å²) < 4.78 is 0. The van der Waals surface area contributed by atoms with Gasteiger partial charge in [0, 0.05) is 12.7 Å². The molecule has 2 amide bonds. The summed E-state index contributed by atoms with van der Waals surface area (Å²) in [6.45, 7) is 1.73. The fraction of sp³-hybridized carbons (Fsp3) is 0.133. The Bertz CT molecular complexity index is 711. The minimum atomic E-state index is -0.377. The molecular weight excluding hydrogens is 254 g/mol. The maximum Gasteiger partial charge on any atom is 0.261 e. The molecule has 0 saturated carbocycles. The number of nitrogens with zero attached hydrogens (tertiary/aromatic N) is 2. The van der Waals surface area contributed by atoms with E-state index in [0.29, 0.717) is 22.5 Å². The second-order valence-corrected chi connectivity index (χ2v) is 4.66. The van der Waals surface area contributed by atoms with Crippen molar-refractivity contribution >= 4 is 23.2 Å². The van der Waals surface area contributed by atoms with E-state index in [1.807, 2.05) is 42.3 Å². The van der Waals surface area contributed by atoms with Gasteiger partial charge in [-0.1, -0.05) is 18.2 Å². The van der Waals surface area contributed by atoms with Gasteiger partial charge in [-0.05, 0) is 19.1 Å². The molecule has 100 valence electrons. The van der Waals surface area contributed by atoms with Crippen molar-refractivity contribution in [3.8, 4) is 0 Å². The summed E-state index contributed by atoms with van der Waals surface area (Å²) in [5.41, 5.74) is 2.88. The third-order valence-corrected chi connectivity index (χ3v) is 3.43. The number of aryl methyl sites for hydroxylation is 1. The standard InChI is InChI=1S/C15H13N3O2/c1-9-12-13(15(20)17-14(12)19)11(8-16-9)18(2)10-6-4-3-5-7-10/h3-8H,1-2H3,(H,17,19,20). The molecule has 0 atom stereocenters. The molecule has 2 heterocycles. The minimum Gasteiger partial charge on any atom is -0.343 e. The fourth-order valence-electron chi connectivity index (χ4n) is 2.38. The van der Waals surface area contributed by atoms with Crippen LogP contribution in [0.1, 0.15) is 26.4 Å². The molecule has 0 unspecified atom stereocenters. The lowest BCUT2D eigenvalue weighted by Gasteiger charge is -2.21. The number of fused-ring (bicyclic) bond motifs is 1. The molecule has 3 rings (SSSR count). The Kier molecular flexibility index (Phi) is 2.75. The maximum atomic E-state index is 12.0. The van der Waals surface area contributed by atoms with E-state index in [4.69, 9.17) is 0 Å². The van der Waals surface area contributed by atoms with Gasteiger partial charge in [-0.3, -0.25) is 19.9 Å². The first-order valence-electron chi connectivity index (χ1n) is 6.23. The number of rotatable bonds is 2. The lowest BCUT2D eigenvalue weighted by molar-refractivity contribution is 0.0879. The van der Waals surface area contributed by atoms with E-state index in [1.54, 1.807) is 13.1 Å². The van der Waals surface area contributed by atoms with Crippen molar-refractivity contribution in [2.75, 3.05) is 11.9 Å². The van der Waals surface area contributed by atoms with E-state index in [9.17, 15) is 9.59 Å². The van der Waals surface area contributed by atoms with Crippen molar-refractivity contribution < 1.29 is 9.59 Å². The average molecular weight is 267 g/mol. The molecule has 0 saturated heterocycles. The van der Waals surface area contributed by atoms with Crippen LogP contribution in [0.3, 0.4) is 0 Å². The second kappa shape index (κ2) is 4.45. The summed E-state index contributed by atoms with van der Waals surface area (Å²) in [6.07, 6.45) is 1.62. The average Bonchev–Trinajstić information content (AvgIpc) is 2.76. The van der Waals surface area contributed by atoms with Crippen molar-refractivity contribution in [3.05, 3.63) is 53.3 Å². The monoisotopic (exact) mass is 267 g/mol. The van der Waals surface area contributed by atoms with Crippen LogP contribution in [0.5, 0.6) is 0 Å². The van der Waals surface area contributed by atoms with Crippen LogP contribution in [0.2, 0.25) is 0 Å². The van der Waals surface area contributed by atoms with Crippen molar-refractivity contribution in [2.45, 2.75) is 6.92 Å². The quantitative estimate of drug-likeness (QED) is 0.846. The van der Waals surface area contributed by atoms with E-state index >= 15 is 0 Å². The molecule has 0 bridgehead atoms. The lowest BCUT2D eigenvalue weighted by Crippen LogP contribution is -2.21. The van der Waals surface area contributed by atoms with Gasteiger partial charge in [0.1, 0.15) is 0 Å². The molecule has 1 aliphatic heterocycles. The molecular formula is C15H13N3O2. The van der Waals surface area contributed by atoms with Crippen LogP contribution in [-0.4, -0.2) is 23.8 Å². The maximum absolute atomic E-state index is 12.0. The van der Waals surface area contributed by atoms with E-state index in [-0.39, 0.29) is 11.8 Å². The highest BCUT2D eigenvalue weighted by atomic mass is 16.2. The first-order chi connectivity index (χ1) is 9.59. The Balaban J connectivity index is 2.17. The number of carbonyl (C=O) groups is 2. The number of nitrogens with one attached hydrogen (secondary N) is 1. The Morgan fingerprint density at radius 2 is 1.70 bits per heavy atom. The number of aromatic nitrogens is 1. The second-order valence-electron chi connectivity index (χ2n) is 4.66. The molecule has 20 heavy (non-hydrogen) atoms. The summed E-state index contributed by atoms with van der Waals surface area (Å²) >= 11 is 0. The summed E-state index contributed by atoms with van der Waals surface area (Å²) in [5.74, 6) is -0.744. The molecule has 5 heteroatoms. The van der Waals surface area contributed by atoms with Gasteiger partial charge < -0.3 is 4.90 Å². The van der Waals surface area contributed by atoms with Gasteiger partial charge in [0.25, 0.3) is 11.8 Å². The normalized spacial score (nSPS) is 13.1. The first kappa shape index (κ1) is 12.3. The lowest BCUT2D eigenvalue weighted by atomic mass is 10.1. The zero-order chi connectivity index (χ0) is 14.3. The summed E-state index contributed by atoms with van der Waals surface area (Å²) in [7, 11) is 1.85. The zero-order valence-electron chi connectivity index (χ0n) is 11.2. The third kappa shape index (κ3) is 1.75. The van der Waals surface area contributed by atoms with Crippen LogP contribution in [0.4, 0.5) is 11.4 Å². The molecule has 1 aliphatic rings. The summed E-state index contributed by atoms with van der Waals surface area (Å²) in [6, 6.07) is 9.62. The highest BCUT2D eigenvalue weighted by molar-refractivity contribution is 6.24. The Hall–Kier alpha value is -2.69. The van der Waals surface area contributed by atoms with E-state index in [0.717, 1.165) is 5.69 Å². The first-order valence-corrected chi connectivity index (χ1v) is 6.23. The molecule has 0 aliphatic carbocycles. The molecule has 0 spiro atoms. The number of hydrogen-bond donors (Lipinski definition) is 1. The molecule has 1 N–H and O–H groups in total. The Labute approximate surface area is 116 Å². The van der Waals surface area contributed by atoms with Crippen LogP contribution in [0.25, 0.3) is 0 Å². The zero-order valence-corrected chi connectivity index (χ0v) is 11.2. The van der Waals surface area contributed by atoms with Crippen molar-refractivity contribution in [1.29, 1.82) is 0 Å².